The summed E-state index contributed by atoms with van der Waals surface area (Å²) >= 11 is 1.51. The molecule has 4 rings (SSSR count). The maximum Gasteiger partial charge on any atom is 0.253 e. The molecule has 4 aromatic rings. The van der Waals surface area contributed by atoms with Gasteiger partial charge in [-0.25, -0.2) is 5.43 Å². The molecule has 0 aliphatic rings. The number of carbonyl (C=O) groups is 1. The second kappa shape index (κ2) is 10.8. The summed E-state index contributed by atoms with van der Waals surface area (Å²) in [6, 6.07) is 30.3. The Bertz CT molecular complexity index is 1250. The Kier molecular flexibility index (Phi) is 7.43. The monoisotopic (exact) mass is 454 g/mol. The summed E-state index contributed by atoms with van der Waals surface area (Å²) < 4.78 is 5.98. The van der Waals surface area contributed by atoms with Crippen molar-refractivity contribution in [1.82, 2.24) is 5.43 Å². The van der Waals surface area contributed by atoms with E-state index in [2.05, 4.69) is 40.9 Å². The molecule has 0 saturated heterocycles. The lowest BCUT2D eigenvalue weighted by molar-refractivity contribution is -0.120. The van der Waals surface area contributed by atoms with Crippen LogP contribution in [0.3, 0.4) is 0 Å². The first-order valence-electron chi connectivity index (χ1n) is 10.8. The van der Waals surface area contributed by atoms with E-state index >= 15 is 0 Å². The number of hydrazone groups is 1. The Hall–Kier alpha value is -3.57. The quantitative estimate of drug-likeness (QED) is 0.191. The summed E-state index contributed by atoms with van der Waals surface area (Å²) in [6.45, 7) is 4.42. The van der Waals surface area contributed by atoms with Gasteiger partial charge in [0.2, 0.25) is 0 Å². The predicted octanol–water partition coefficient (Wildman–Crippen LogP) is 6.36. The highest BCUT2D eigenvalue weighted by Crippen LogP contribution is 2.23. The van der Waals surface area contributed by atoms with Gasteiger partial charge in [-0.3, -0.25) is 4.79 Å². The minimum absolute atomic E-state index is 0.133. The van der Waals surface area contributed by atoms with Gasteiger partial charge in [0.05, 0.1) is 11.5 Å². The topological polar surface area (TPSA) is 50.7 Å². The third-order valence-corrected chi connectivity index (χ3v) is 6.36. The molecule has 0 heterocycles. The van der Waals surface area contributed by atoms with E-state index in [1.165, 1.54) is 28.1 Å². The highest BCUT2D eigenvalue weighted by atomic mass is 32.2. The van der Waals surface area contributed by atoms with Crippen LogP contribution in [0, 0.1) is 6.92 Å². The van der Waals surface area contributed by atoms with E-state index < -0.39 is 0 Å². The molecule has 1 amide bonds. The number of thioether (sulfide) groups is 1. The zero-order chi connectivity index (χ0) is 23.0. The fraction of sp³-hybridized carbons (Fsp3) is 0.143. The molecule has 33 heavy (non-hydrogen) atoms. The van der Waals surface area contributed by atoms with Crippen molar-refractivity contribution < 1.29 is 9.53 Å². The molecule has 0 aliphatic carbocycles. The van der Waals surface area contributed by atoms with Gasteiger partial charge >= 0.3 is 0 Å². The van der Waals surface area contributed by atoms with Crippen LogP contribution in [0.4, 0.5) is 0 Å². The lowest BCUT2D eigenvalue weighted by Crippen LogP contribution is -2.26. The average molecular weight is 455 g/mol. The largest absolute Gasteiger partial charge is 0.489 e. The summed E-state index contributed by atoms with van der Waals surface area (Å²) in [7, 11) is 0. The van der Waals surface area contributed by atoms with E-state index in [1.54, 1.807) is 6.21 Å². The van der Waals surface area contributed by atoms with Crippen LogP contribution >= 0.6 is 11.8 Å². The fourth-order valence-corrected chi connectivity index (χ4v) is 4.23. The predicted molar refractivity (Wildman–Crippen MR) is 137 cm³/mol. The van der Waals surface area contributed by atoms with Gasteiger partial charge in [0.1, 0.15) is 12.4 Å². The number of nitrogens with zero attached hydrogens (tertiary/aromatic N) is 1. The minimum Gasteiger partial charge on any atom is -0.489 e. The molecule has 0 saturated carbocycles. The Morgan fingerprint density at radius 1 is 0.970 bits per heavy atom. The van der Waals surface area contributed by atoms with Gasteiger partial charge in [-0.2, -0.15) is 5.10 Å². The van der Waals surface area contributed by atoms with Gasteiger partial charge in [-0.1, -0.05) is 60.2 Å². The second-order valence-corrected chi connectivity index (χ2v) is 9.22. The molecule has 0 radical (unpaired) electrons. The third kappa shape index (κ3) is 6.24. The first-order valence-corrected chi connectivity index (χ1v) is 11.7. The Labute approximate surface area is 198 Å². The van der Waals surface area contributed by atoms with Crippen molar-refractivity contribution in [3.05, 3.63) is 108 Å². The summed E-state index contributed by atoms with van der Waals surface area (Å²) in [6.07, 6.45) is 1.63. The minimum atomic E-state index is -0.241. The average Bonchev–Trinajstić information content (AvgIpc) is 2.85. The van der Waals surface area contributed by atoms with Crippen LogP contribution in [0.25, 0.3) is 10.8 Å². The molecule has 0 aromatic heterocycles. The Morgan fingerprint density at radius 2 is 1.70 bits per heavy atom. The van der Waals surface area contributed by atoms with Gasteiger partial charge in [-0.15, -0.1) is 11.8 Å². The van der Waals surface area contributed by atoms with Crippen LogP contribution in [0.2, 0.25) is 0 Å². The summed E-state index contributed by atoms with van der Waals surface area (Å²) in [4.78, 5) is 13.4. The molecule has 0 unspecified atom stereocenters. The normalized spacial score (nSPS) is 12.1. The molecular formula is C28H26N2O2S. The third-order valence-electron chi connectivity index (χ3n) is 5.25. The van der Waals surface area contributed by atoms with Crippen LogP contribution in [-0.2, 0) is 11.4 Å². The number of aryl methyl sites for hydroxylation is 1. The van der Waals surface area contributed by atoms with Crippen LogP contribution in [0.15, 0.2) is 101 Å². The smallest absolute Gasteiger partial charge is 0.253 e. The van der Waals surface area contributed by atoms with Gasteiger partial charge in [0.15, 0.2) is 0 Å². The van der Waals surface area contributed by atoms with Crippen molar-refractivity contribution in [3.8, 4) is 5.75 Å². The van der Waals surface area contributed by atoms with Crippen molar-refractivity contribution in [1.29, 1.82) is 0 Å². The molecule has 4 aromatic carbocycles. The van der Waals surface area contributed by atoms with Crippen molar-refractivity contribution in [3.63, 3.8) is 0 Å². The molecule has 1 N–H and O–H groups in total. The van der Waals surface area contributed by atoms with E-state index in [0.29, 0.717) is 6.61 Å². The van der Waals surface area contributed by atoms with Gasteiger partial charge in [0, 0.05) is 4.90 Å². The van der Waals surface area contributed by atoms with E-state index in [0.717, 1.165) is 21.8 Å². The zero-order valence-electron chi connectivity index (χ0n) is 18.7. The Morgan fingerprint density at radius 3 is 2.48 bits per heavy atom. The number of benzene rings is 4. The van der Waals surface area contributed by atoms with Crippen molar-refractivity contribution in [2.75, 3.05) is 0 Å². The van der Waals surface area contributed by atoms with Crippen LogP contribution in [0.5, 0.6) is 5.75 Å². The SMILES string of the molecule is Cc1ccc(S[C@H](C)C(=O)N/N=C\c2ccc(OCc3cccc4ccccc34)cc2)cc1. The summed E-state index contributed by atoms with van der Waals surface area (Å²) in [5, 5.41) is 6.27. The highest BCUT2D eigenvalue weighted by Gasteiger charge is 2.13. The number of carbonyl (C=O) groups excluding carboxylic acids is 1. The van der Waals surface area contributed by atoms with E-state index in [1.807, 2.05) is 74.5 Å². The van der Waals surface area contributed by atoms with Gasteiger partial charge in [0.25, 0.3) is 5.91 Å². The Balaban J connectivity index is 1.28. The molecule has 0 spiro atoms. The van der Waals surface area contributed by atoms with Crippen LogP contribution < -0.4 is 10.2 Å². The lowest BCUT2D eigenvalue weighted by Gasteiger charge is -2.10. The highest BCUT2D eigenvalue weighted by molar-refractivity contribution is 8.00. The summed E-state index contributed by atoms with van der Waals surface area (Å²) in [5.41, 5.74) is 5.85. The van der Waals surface area contributed by atoms with Crippen molar-refractivity contribution in [2.24, 2.45) is 5.10 Å². The van der Waals surface area contributed by atoms with Gasteiger partial charge in [-0.05, 0) is 72.1 Å². The standard InChI is InChI=1S/C28H26N2O2S/c1-20-10-16-26(17-11-20)33-21(2)28(31)30-29-18-22-12-14-25(15-13-22)32-19-24-8-5-7-23-6-3-4-9-27(23)24/h3-18,21H,19H2,1-2H3,(H,30,31)/b29-18-/t21-/m1/s1. The van der Waals surface area contributed by atoms with Gasteiger partial charge < -0.3 is 4.74 Å². The summed E-state index contributed by atoms with van der Waals surface area (Å²) in [5.74, 6) is 0.652. The number of fused-ring (bicyclic) bond motifs is 1. The fourth-order valence-electron chi connectivity index (χ4n) is 3.37. The molecule has 166 valence electrons. The maximum absolute atomic E-state index is 12.3. The first kappa shape index (κ1) is 22.6. The molecule has 0 fully saturated rings. The number of ether oxygens (including phenoxy) is 1. The first-order chi connectivity index (χ1) is 16.1. The molecule has 0 aliphatic heterocycles. The number of hydrogen-bond donors (Lipinski definition) is 1. The van der Waals surface area contributed by atoms with E-state index in [4.69, 9.17) is 4.74 Å². The van der Waals surface area contributed by atoms with Crippen molar-refractivity contribution >= 4 is 34.7 Å². The molecule has 4 nitrogen and oxygen atoms in total. The number of amides is 1. The second-order valence-electron chi connectivity index (χ2n) is 7.80. The number of hydrogen-bond acceptors (Lipinski definition) is 4. The molecule has 1 atom stereocenters. The van der Waals surface area contributed by atoms with Crippen LogP contribution in [-0.4, -0.2) is 17.4 Å². The number of rotatable bonds is 8. The number of nitrogens with one attached hydrogen (secondary N) is 1. The molecule has 0 bridgehead atoms. The lowest BCUT2D eigenvalue weighted by atomic mass is 10.1. The maximum atomic E-state index is 12.3. The van der Waals surface area contributed by atoms with E-state index in [9.17, 15) is 4.79 Å². The zero-order valence-corrected chi connectivity index (χ0v) is 19.5. The van der Waals surface area contributed by atoms with E-state index in [-0.39, 0.29) is 11.2 Å². The molecule has 5 heteroatoms. The van der Waals surface area contributed by atoms with Crippen molar-refractivity contribution in [2.45, 2.75) is 30.6 Å². The van der Waals surface area contributed by atoms with Crippen LogP contribution in [0.1, 0.15) is 23.6 Å². The molecular weight excluding hydrogens is 428 g/mol.